The molecule has 4 heteroatoms. The van der Waals surface area contributed by atoms with E-state index in [9.17, 15) is 4.79 Å². The first-order valence-corrected chi connectivity index (χ1v) is 4.01. The molecule has 0 fully saturated rings. The van der Waals surface area contributed by atoms with E-state index in [0.717, 1.165) is 0 Å². The van der Waals surface area contributed by atoms with Gasteiger partial charge in [-0.25, -0.2) is 4.79 Å². The van der Waals surface area contributed by atoms with Gasteiger partial charge in [0.05, 0.1) is 8.07 Å². The molecule has 0 saturated heterocycles. The van der Waals surface area contributed by atoms with Gasteiger partial charge in [-0.2, -0.15) is 4.76 Å². The Morgan fingerprint density at radius 3 is 2.83 bits per heavy atom. The van der Waals surface area contributed by atoms with Crippen molar-refractivity contribution in [2.45, 2.75) is 0 Å². The van der Waals surface area contributed by atoms with Gasteiger partial charge in [0.15, 0.2) is 0 Å². The summed E-state index contributed by atoms with van der Waals surface area (Å²) in [6.07, 6.45) is 1.24. The van der Waals surface area contributed by atoms with Crippen molar-refractivity contribution in [2.75, 3.05) is 6.66 Å². The molecule has 0 rings (SSSR count). The molecule has 6 heavy (non-hydrogen) atoms. The third kappa shape index (κ3) is 4.03. The lowest BCUT2D eigenvalue weighted by molar-refractivity contribution is 0.566. The largest absolute Gasteiger partial charge is 0.239 e. The summed E-state index contributed by atoms with van der Waals surface area (Å²) in [6, 6.07) is 0. The van der Waals surface area contributed by atoms with Gasteiger partial charge in [0.2, 0.25) is 6.08 Å². The molecule has 0 spiro atoms. The molecule has 0 aromatic heterocycles. The molecule has 0 aliphatic heterocycles. The topological polar surface area (TPSA) is 29.4 Å². The first-order valence-electron chi connectivity index (χ1n) is 1.70. The van der Waals surface area contributed by atoms with Gasteiger partial charge in [-0.1, -0.05) is 11.8 Å². The summed E-state index contributed by atoms with van der Waals surface area (Å²) >= 11 is 4.43. The van der Waals surface area contributed by atoms with Crippen molar-refractivity contribution in [1.29, 1.82) is 1.28 Å². The number of hydrogen-bond donors (Lipinski definition) is 0. The van der Waals surface area contributed by atoms with Crippen molar-refractivity contribution in [3.63, 3.8) is 0 Å². The zero-order valence-electron chi connectivity index (χ0n) is 4.21. The van der Waals surface area contributed by atoms with Crippen LogP contribution in [0.2, 0.25) is 0 Å². The Morgan fingerprint density at radius 1 is 2.33 bits per heavy atom. The third-order valence-corrected chi connectivity index (χ3v) is 0.790. The molecule has 0 N–H and O–H groups in total. The zero-order valence-corrected chi connectivity index (χ0v) is 4.92. The van der Waals surface area contributed by atoms with E-state index in [1.54, 1.807) is 0 Å². The fraction of sp³-hybridized carbons (Fsp3) is 0.500. The predicted octanol–water partition coefficient (Wildman–Crippen LogP) is 0.543. The third-order valence-electron chi connectivity index (χ3n) is 0.182. The highest BCUT2D eigenvalue weighted by molar-refractivity contribution is 8.04. The van der Waals surface area contributed by atoms with E-state index in [1.807, 2.05) is 0 Å². The van der Waals surface area contributed by atoms with Gasteiger partial charge in [-0.15, -0.1) is 0 Å². The van der Waals surface area contributed by atoms with Gasteiger partial charge in [0, 0.05) is 0 Å². The van der Waals surface area contributed by atoms with Gasteiger partial charge < -0.3 is 0 Å². The molecule has 0 saturated carbocycles. The molecule has 0 aromatic carbocycles. The fourth-order valence-corrected chi connectivity index (χ4v) is 0.272. The molecule has 1 atom stereocenters. The number of isocyanates is 1. The van der Waals surface area contributed by atoms with Crippen LogP contribution in [0.3, 0.4) is 0 Å². The minimum atomic E-state index is -2.38. The van der Waals surface area contributed by atoms with Crippen LogP contribution in [-0.2, 0) is 16.6 Å². The maximum absolute atomic E-state index is 9.37. The second-order valence-corrected chi connectivity index (χ2v) is 3.37. The lowest BCUT2D eigenvalue weighted by Crippen LogP contribution is -1.41. The number of hydrogen-bond acceptors (Lipinski definition) is 2. The van der Waals surface area contributed by atoms with Crippen molar-refractivity contribution in [2.24, 2.45) is 4.76 Å². The van der Waals surface area contributed by atoms with E-state index in [4.69, 9.17) is 1.28 Å². The van der Waals surface area contributed by atoms with Crippen molar-refractivity contribution in [1.82, 2.24) is 0 Å². The maximum Gasteiger partial charge on any atom is 0.239 e. The highest BCUT2D eigenvalue weighted by atomic mass is 32.4. The Labute approximate surface area is 43.0 Å². The summed E-state index contributed by atoms with van der Waals surface area (Å²) < 4.78 is 9.87. The van der Waals surface area contributed by atoms with Crippen molar-refractivity contribution in [3.8, 4) is 0 Å². The molecule has 0 amide bonds. The fourth-order valence-electron chi connectivity index (χ4n) is 0.0575. The van der Waals surface area contributed by atoms with Crippen molar-refractivity contribution < 1.29 is 4.79 Å². The Morgan fingerprint density at radius 2 is 2.83 bits per heavy atom. The van der Waals surface area contributed by atoms with Crippen LogP contribution in [0.25, 0.3) is 0 Å². The van der Waals surface area contributed by atoms with Crippen LogP contribution >= 0.6 is 6.79 Å². The van der Waals surface area contributed by atoms with Crippen molar-refractivity contribution in [3.05, 3.63) is 0 Å². The van der Waals surface area contributed by atoms with E-state index in [-0.39, 0.29) is 0 Å². The van der Waals surface area contributed by atoms with Gasteiger partial charge in [-0.05, 0) is 6.66 Å². The highest BCUT2D eigenvalue weighted by Gasteiger charge is 1.66. The lowest BCUT2D eigenvalue weighted by Gasteiger charge is -1.69. The smallest absolute Gasteiger partial charge is 0.211 e. The second-order valence-electron chi connectivity index (χ2n) is 0.656. The first kappa shape index (κ1) is 4.20. The Kier molecular flexibility index (Phi) is 2.26. The second kappa shape index (κ2) is 3.23. The van der Waals surface area contributed by atoms with E-state index in [1.165, 1.54) is 12.7 Å². The summed E-state index contributed by atoms with van der Waals surface area (Å²) in [5.74, 6) is 0. The standard InChI is InChI=1S/C2H4NOPS/c1-5(6)3-2-4/h5H,1H3/i5D. The molecular formula is C2H4NOPS. The number of nitrogens with zero attached hydrogens (tertiary/aromatic N) is 1. The lowest BCUT2D eigenvalue weighted by atomic mass is 11.7. The van der Waals surface area contributed by atoms with E-state index in [0.29, 0.717) is 0 Å². The molecule has 0 radical (unpaired) electrons. The summed E-state index contributed by atoms with van der Waals surface area (Å²) in [5, 5.41) is 0. The van der Waals surface area contributed by atoms with Gasteiger partial charge in [0.25, 0.3) is 0 Å². The molecule has 34 valence electrons. The molecule has 0 heterocycles. The number of rotatable bonds is 1. The monoisotopic (exact) mass is 122 g/mol. The Bertz CT molecular complexity index is 146. The average molecular weight is 122 g/mol. The van der Waals surface area contributed by atoms with Crippen molar-refractivity contribution >= 4 is 24.7 Å². The molecular weight excluding hydrogens is 117 g/mol. The average Bonchev–Trinajstić information content (AvgIpc) is 1.30. The Balaban J connectivity index is 4.10. The van der Waals surface area contributed by atoms with Crippen LogP contribution < -0.4 is 0 Å². The van der Waals surface area contributed by atoms with Crippen LogP contribution in [0.1, 0.15) is 0 Å². The van der Waals surface area contributed by atoms with Gasteiger partial charge in [0.1, 0.15) is 0 Å². The molecule has 0 aromatic rings. The highest BCUT2D eigenvalue weighted by Crippen LogP contribution is 2.12. The van der Waals surface area contributed by atoms with Crippen LogP contribution in [0.5, 0.6) is 0 Å². The van der Waals surface area contributed by atoms with E-state index in [2.05, 4.69) is 16.6 Å². The SMILES string of the molecule is [2H]P(C)(=S)N=C=O. The molecule has 0 aliphatic carbocycles. The van der Waals surface area contributed by atoms with Crippen LogP contribution in [0.15, 0.2) is 4.76 Å². The minimum absolute atomic E-state index is 1.24. The Hall–Kier alpha value is 0.0300. The van der Waals surface area contributed by atoms with Gasteiger partial charge >= 0.3 is 0 Å². The zero-order chi connectivity index (χ0) is 5.91. The minimum Gasteiger partial charge on any atom is -0.211 e. The summed E-state index contributed by atoms with van der Waals surface area (Å²) in [4.78, 5) is 9.37. The number of carbonyl (C=O) groups excluding carboxylic acids is 1. The summed E-state index contributed by atoms with van der Waals surface area (Å²) in [6.45, 7) is -0.943. The summed E-state index contributed by atoms with van der Waals surface area (Å²) in [7, 11) is 0. The van der Waals surface area contributed by atoms with Crippen LogP contribution in [0, 0.1) is 0 Å². The molecule has 0 aliphatic rings. The van der Waals surface area contributed by atoms with Crippen LogP contribution in [0.4, 0.5) is 0 Å². The van der Waals surface area contributed by atoms with E-state index < -0.39 is 6.79 Å². The molecule has 2 nitrogen and oxygen atoms in total. The van der Waals surface area contributed by atoms with E-state index >= 15 is 0 Å². The maximum atomic E-state index is 9.37. The quantitative estimate of drug-likeness (QED) is 0.288. The molecule has 0 bridgehead atoms. The van der Waals surface area contributed by atoms with Gasteiger partial charge in [-0.3, -0.25) is 0 Å². The predicted molar refractivity (Wildman–Crippen MR) is 29.7 cm³/mol. The normalized spacial score (nSPS) is 19.8. The molecule has 1 unspecified atom stereocenters. The van der Waals surface area contributed by atoms with Crippen LogP contribution in [-0.4, -0.2) is 14.0 Å². The summed E-state index contributed by atoms with van der Waals surface area (Å²) in [5.41, 5.74) is 0. The first-order chi connectivity index (χ1) is 3.06.